The summed E-state index contributed by atoms with van der Waals surface area (Å²) >= 11 is 0. The van der Waals surface area contributed by atoms with E-state index in [0.29, 0.717) is 48.9 Å². The van der Waals surface area contributed by atoms with Crippen LogP contribution in [0.25, 0.3) is 16.6 Å². The first-order valence-electron chi connectivity index (χ1n) is 18.5. The third-order valence-corrected chi connectivity index (χ3v) is 11.7. The molecule has 55 heavy (non-hydrogen) atoms. The fraction of sp³-hybridized carbons (Fsp3) is 0.310. The molecular formula is C42H37FN7O4Si. The van der Waals surface area contributed by atoms with Crippen molar-refractivity contribution >= 4 is 50.0 Å². The van der Waals surface area contributed by atoms with Crippen LogP contribution in [-0.2, 0) is 34.6 Å². The first kappa shape index (κ1) is 35.0. The summed E-state index contributed by atoms with van der Waals surface area (Å²) in [6.07, 6.45) is 5.47. The molecule has 4 aliphatic rings. The second-order valence-corrected chi connectivity index (χ2v) is 15.8. The molecule has 3 aliphatic heterocycles. The normalized spacial score (nSPS) is 19.7. The zero-order valence-electron chi connectivity index (χ0n) is 30.2. The molecule has 2 fully saturated rings. The zero-order chi connectivity index (χ0) is 37.9. The van der Waals surface area contributed by atoms with E-state index in [9.17, 15) is 14.0 Å². The largest absolute Gasteiger partial charge is 0.473 e. The molecule has 5 heterocycles. The highest BCUT2D eigenvalue weighted by Crippen LogP contribution is 2.56. The highest BCUT2D eigenvalue weighted by atomic mass is 28.1. The molecular weight excluding hydrogens is 714 g/mol. The average Bonchev–Trinajstić information content (AvgIpc) is 3.86. The number of nitrogens with one attached hydrogen (secondary N) is 2. The van der Waals surface area contributed by atoms with Crippen molar-refractivity contribution in [2.24, 2.45) is 0 Å². The van der Waals surface area contributed by atoms with E-state index in [0.717, 1.165) is 77.2 Å². The van der Waals surface area contributed by atoms with E-state index in [2.05, 4.69) is 36.4 Å². The number of pyridine rings is 1. The molecule has 5 aromatic rings. The highest BCUT2D eigenvalue weighted by Gasteiger charge is 2.56. The molecule has 11 nitrogen and oxygen atoms in total. The number of amides is 2. The van der Waals surface area contributed by atoms with Crippen LogP contribution in [0.15, 0.2) is 72.8 Å². The Morgan fingerprint density at radius 2 is 1.98 bits per heavy atom. The summed E-state index contributed by atoms with van der Waals surface area (Å²) in [6, 6.07) is 21.3. The molecule has 1 saturated heterocycles. The minimum absolute atomic E-state index is 0.00454. The molecule has 9 rings (SSSR count). The first-order chi connectivity index (χ1) is 26.6. The van der Waals surface area contributed by atoms with Crippen LogP contribution in [0.5, 0.6) is 5.88 Å². The number of ether oxygens (including phenoxy) is 2. The first-order valence-corrected chi connectivity index (χ1v) is 19.0. The van der Waals surface area contributed by atoms with Crippen molar-refractivity contribution < 1.29 is 23.5 Å². The van der Waals surface area contributed by atoms with Crippen LogP contribution in [0.3, 0.4) is 0 Å². The number of rotatable bonds is 10. The van der Waals surface area contributed by atoms with Crippen LogP contribution < -0.4 is 15.4 Å². The molecule has 2 amide bonds. The minimum atomic E-state index is -0.485. The van der Waals surface area contributed by atoms with Gasteiger partial charge in [0.25, 0.3) is 5.91 Å². The van der Waals surface area contributed by atoms with E-state index in [-0.39, 0.29) is 24.0 Å². The van der Waals surface area contributed by atoms with Crippen LogP contribution in [-0.4, -0.2) is 66.4 Å². The average molecular weight is 751 g/mol. The molecule has 3 aromatic carbocycles. The van der Waals surface area contributed by atoms with Crippen molar-refractivity contribution in [3.05, 3.63) is 118 Å². The second kappa shape index (κ2) is 13.6. The van der Waals surface area contributed by atoms with E-state index in [1.165, 1.54) is 6.07 Å². The van der Waals surface area contributed by atoms with Gasteiger partial charge in [-0.1, -0.05) is 18.2 Å². The Kier molecular flexibility index (Phi) is 8.64. The third-order valence-electron chi connectivity index (χ3n) is 11.2. The maximum absolute atomic E-state index is 14.4. The molecule has 1 saturated carbocycles. The summed E-state index contributed by atoms with van der Waals surface area (Å²) in [5.41, 5.74) is 7.67. The Bertz CT molecular complexity index is 2480. The number of hydrogen-bond donors (Lipinski definition) is 2. The summed E-state index contributed by atoms with van der Waals surface area (Å²) in [5, 5.41) is 14.6. The second-order valence-electron chi connectivity index (χ2n) is 14.9. The Morgan fingerprint density at radius 1 is 1.13 bits per heavy atom. The fourth-order valence-corrected chi connectivity index (χ4v) is 8.14. The van der Waals surface area contributed by atoms with Crippen molar-refractivity contribution in [3.63, 3.8) is 0 Å². The van der Waals surface area contributed by atoms with Gasteiger partial charge in [0.1, 0.15) is 18.2 Å². The Labute approximate surface area is 320 Å². The van der Waals surface area contributed by atoms with Gasteiger partial charge in [0, 0.05) is 54.8 Å². The van der Waals surface area contributed by atoms with Gasteiger partial charge >= 0.3 is 0 Å². The molecule has 1 atom stereocenters. The minimum Gasteiger partial charge on any atom is -0.473 e. The number of hydrogen-bond acceptors (Lipinski definition) is 8. The van der Waals surface area contributed by atoms with Crippen molar-refractivity contribution in [1.82, 2.24) is 19.4 Å². The number of imidazole rings is 1. The van der Waals surface area contributed by atoms with Gasteiger partial charge in [-0.05, 0) is 97.8 Å². The third kappa shape index (κ3) is 6.60. The Hall–Kier alpha value is -5.68. The molecule has 0 unspecified atom stereocenters. The maximum atomic E-state index is 14.4. The standard InChI is InChI=1S/C42H37FN7O4Si/c1-25-17-30(20-31-38(25)48-40(52)41(31)11-12-41)45-39(51)28-7-8-35-34(19-28)46-36(50(35)24-42(55)13-16-54-42)22-49-14-9-27(10-15-49)33-3-2-4-37(47-33)53-23-29-6-5-26(21-44)18-32(29)43/h2-9,17-20H,10-16,22-24H2,1H3,(H,45,51)(H,48,52)/t42-/m1/s1. The van der Waals surface area contributed by atoms with E-state index in [4.69, 9.17) is 24.7 Å². The highest BCUT2D eigenvalue weighted by molar-refractivity contribution is 6.15. The van der Waals surface area contributed by atoms with Crippen molar-refractivity contribution in [1.29, 1.82) is 5.26 Å². The van der Waals surface area contributed by atoms with Gasteiger partial charge in [-0.3, -0.25) is 14.5 Å². The quantitative estimate of drug-likeness (QED) is 0.163. The number of halogens is 1. The van der Waals surface area contributed by atoms with Crippen molar-refractivity contribution in [3.8, 4) is 11.9 Å². The number of aryl methyl sites for hydroxylation is 1. The smallest absolute Gasteiger partial charge is 0.255 e. The molecule has 13 heteroatoms. The molecule has 1 aliphatic carbocycles. The molecule has 3 radical (unpaired) electrons. The van der Waals surface area contributed by atoms with Crippen LogP contribution in [0.1, 0.15) is 69.8 Å². The van der Waals surface area contributed by atoms with Gasteiger partial charge < -0.3 is 24.7 Å². The van der Waals surface area contributed by atoms with Gasteiger partial charge in [0.15, 0.2) is 0 Å². The van der Waals surface area contributed by atoms with E-state index < -0.39 is 16.5 Å². The fourth-order valence-electron chi connectivity index (χ4n) is 7.78. The van der Waals surface area contributed by atoms with Gasteiger partial charge in [-0.25, -0.2) is 14.4 Å². The van der Waals surface area contributed by atoms with Gasteiger partial charge in [-0.2, -0.15) is 5.26 Å². The SMILES string of the molecule is Cc1cc(NC(=O)c2ccc3c(c2)nc(CN2CC=C(c4cccc(OCc5ccc(C#N)cc5F)n4)CC2)n3C[C@]2([Si])CCO2)cc2c1NC(=O)C21CC1. The monoisotopic (exact) mass is 750 g/mol. The van der Waals surface area contributed by atoms with Crippen LogP contribution in [0, 0.1) is 24.1 Å². The number of aromatic nitrogens is 3. The topological polar surface area (TPSA) is 134 Å². The Balaban J connectivity index is 0.906. The number of nitrogens with zero attached hydrogens (tertiary/aromatic N) is 5. The van der Waals surface area contributed by atoms with Crippen LogP contribution >= 0.6 is 0 Å². The molecule has 1 spiro atoms. The lowest BCUT2D eigenvalue weighted by molar-refractivity contribution is -0.117. The predicted octanol–water partition coefficient (Wildman–Crippen LogP) is 6.14. The van der Waals surface area contributed by atoms with E-state index >= 15 is 0 Å². The lowest BCUT2D eigenvalue weighted by Crippen LogP contribution is -2.48. The summed E-state index contributed by atoms with van der Waals surface area (Å²) in [4.78, 5) is 38.3. The number of fused-ring (bicyclic) bond motifs is 3. The number of carbonyl (C=O) groups excluding carboxylic acids is 2. The summed E-state index contributed by atoms with van der Waals surface area (Å²) in [5.74, 6) is 0.602. The van der Waals surface area contributed by atoms with Crippen LogP contribution in [0.2, 0.25) is 0 Å². The molecule has 275 valence electrons. The number of benzene rings is 3. The van der Waals surface area contributed by atoms with Crippen molar-refractivity contribution in [2.45, 2.75) is 62.9 Å². The van der Waals surface area contributed by atoms with Gasteiger partial charge in [0.2, 0.25) is 11.8 Å². The number of anilines is 2. The lowest BCUT2D eigenvalue weighted by Gasteiger charge is -2.39. The summed E-state index contributed by atoms with van der Waals surface area (Å²) < 4.78 is 28.3. The van der Waals surface area contributed by atoms with Gasteiger partial charge in [0.05, 0.1) is 55.8 Å². The zero-order valence-corrected chi connectivity index (χ0v) is 31.2. The Morgan fingerprint density at radius 3 is 2.71 bits per heavy atom. The number of nitriles is 1. The van der Waals surface area contributed by atoms with Gasteiger partial charge in [-0.15, -0.1) is 0 Å². The van der Waals surface area contributed by atoms with E-state index in [1.807, 2.05) is 55.5 Å². The maximum Gasteiger partial charge on any atom is 0.255 e. The lowest BCUT2D eigenvalue weighted by atomic mass is 9.95. The molecule has 0 bridgehead atoms. The summed E-state index contributed by atoms with van der Waals surface area (Å²) in [6.45, 7) is 5.28. The predicted molar refractivity (Wildman–Crippen MR) is 205 cm³/mol. The molecule has 2 aromatic heterocycles. The summed E-state index contributed by atoms with van der Waals surface area (Å²) in [7, 11) is 3.86. The number of carbonyl (C=O) groups is 2. The van der Waals surface area contributed by atoms with Crippen molar-refractivity contribution in [2.75, 3.05) is 30.3 Å². The van der Waals surface area contributed by atoms with Crippen LogP contribution in [0.4, 0.5) is 15.8 Å². The molecule has 2 N–H and O–H groups in total. The van der Waals surface area contributed by atoms with E-state index in [1.54, 1.807) is 18.2 Å².